The summed E-state index contributed by atoms with van der Waals surface area (Å²) in [5, 5.41) is 4.25. The van der Waals surface area contributed by atoms with Crippen molar-refractivity contribution in [2.24, 2.45) is 0 Å². The smallest absolute Gasteiger partial charge is 0.240 e. The summed E-state index contributed by atoms with van der Waals surface area (Å²) in [6.07, 6.45) is 0.668. The van der Waals surface area contributed by atoms with E-state index in [-0.39, 0.29) is 5.95 Å². The minimum absolute atomic E-state index is 0.273. The van der Waals surface area contributed by atoms with Gasteiger partial charge in [0.2, 0.25) is 5.95 Å². The Labute approximate surface area is 139 Å². The van der Waals surface area contributed by atoms with Crippen LogP contribution >= 0.6 is 0 Å². The second kappa shape index (κ2) is 6.20. The van der Waals surface area contributed by atoms with Gasteiger partial charge in [-0.25, -0.2) is 8.91 Å². The van der Waals surface area contributed by atoms with Crippen molar-refractivity contribution >= 4 is 11.6 Å². The van der Waals surface area contributed by atoms with Gasteiger partial charge in [0.25, 0.3) is 0 Å². The standard InChI is InChI=1S/C18H20FN5/c19-15-8-10-23(11-9-15)12-13-4-6-14(7-5-13)16-2-1-3-17-21-18(20)22-24(16)17/h1-7,15H,8-12H2,(H2,20,22). The fraction of sp³-hybridized carbons (Fsp3) is 0.333. The van der Waals surface area contributed by atoms with E-state index in [1.54, 1.807) is 4.52 Å². The number of aromatic nitrogens is 3. The Morgan fingerprint density at radius 3 is 2.58 bits per heavy atom. The molecule has 1 aliphatic rings. The molecule has 2 N–H and O–H groups in total. The number of likely N-dealkylation sites (tertiary alicyclic amines) is 1. The highest BCUT2D eigenvalue weighted by Crippen LogP contribution is 2.22. The Kier molecular flexibility index (Phi) is 3.90. The predicted octanol–water partition coefficient (Wildman–Crippen LogP) is 2.91. The Morgan fingerprint density at radius 1 is 1.08 bits per heavy atom. The molecule has 0 amide bonds. The number of fused-ring (bicyclic) bond motifs is 1. The Bertz CT molecular complexity index is 834. The van der Waals surface area contributed by atoms with Crippen LogP contribution in [-0.2, 0) is 6.54 Å². The first kappa shape index (κ1) is 15.1. The topological polar surface area (TPSA) is 59.5 Å². The SMILES string of the molecule is Nc1nc2cccc(-c3ccc(CN4CCC(F)CC4)cc3)n2n1. The van der Waals surface area contributed by atoms with Gasteiger partial charge in [0.15, 0.2) is 5.65 Å². The van der Waals surface area contributed by atoms with Gasteiger partial charge >= 0.3 is 0 Å². The van der Waals surface area contributed by atoms with E-state index in [0.29, 0.717) is 12.8 Å². The number of piperidine rings is 1. The van der Waals surface area contributed by atoms with Gasteiger partial charge < -0.3 is 5.73 Å². The van der Waals surface area contributed by atoms with Crippen molar-refractivity contribution in [1.29, 1.82) is 0 Å². The quantitative estimate of drug-likeness (QED) is 0.804. The zero-order chi connectivity index (χ0) is 16.5. The molecule has 1 saturated heterocycles. The number of hydrogen-bond acceptors (Lipinski definition) is 4. The van der Waals surface area contributed by atoms with Crippen LogP contribution in [0.1, 0.15) is 18.4 Å². The summed E-state index contributed by atoms with van der Waals surface area (Å²) in [6.45, 7) is 2.54. The Hall–Kier alpha value is -2.47. The summed E-state index contributed by atoms with van der Waals surface area (Å²) < 4.78 is 15.0. The lowest BCUT2D eigenvalue weighted by Gasteiger charge is -2.28. The highest BCUT2D eigenvalue weighted by atomic mass is 19.1. The van der Waals surface area contributed by atoms with Crippen molar-refractivity contribution in [1.82, 2.24) is 19.5 Å². The molecule has 6 heteroatoms. The van der Waals surface area contributed by atoms with Gasteiger partial charge in [0.1, 0.15) is 6.17 Å². The van der Waals surface area contributed by atoms with E-state index in [1.165, 1.54) is 5.56 Å². The largest absolute Gasteiger partial charge is 0.366 e. The molecule has 0 aliphatic carbocycles. The van der Waals surface area contributed by atoms with E-state index < -0.39 is 6.17 Å². The third-order valence-electron chi connectivity index (χ3n) is 4.55. The van der Waals surface area contributed by atoms with Crippen LogP contribution in [0.4, 0.5) is 10.3 Å². The monoisotopic (exact) mass is 325 g/mol. The zero-order valence-corrected chi connectivity index (χ0v) is 13.4. The summed E-state index contributed by atoms with van der Waals surface area (Å²) in [5.41, 5.74) is 9.70. The Morgan fingerprint density at radius 2 is 1.83 bits per heavy atom. The Balaban J connectivity index is 1.55. The first-order chi connectivity index (χ1) is 11.7. The number of benzene rings is 1. The van der Waals surface area contributed by atoms with E-state index in [9.17, 15) is 4.39 Å². The molecule has 0 bridgehead atoms. The van der Waals surface area contributed by atoms with Crippen molar-refractivity contribution in [3.05, 3.63) is 48.0 Å². The molecule has 0 radical (unpaired) electrons. The maximum atomic E-state index is 13.2. The number of rotatable bonds is 3. The van der Waals surface area contributed by atoms with Crippen molar-refractivity contribution in [3.63, 3.8) is 0 Å². The number of nitrogens with zero attached hydrogens (tertiary/aromatic N) is 4. The summed E-state index contributed by atoms with van der Waals surface area (Å²) in [4.78, 5) is 6.50. The molecular formula is C18H20FN5. The minimum Gasteiger partial charge on any atom is -0.366 e. The fourth-order valence-electron chi connectivity index (χ4n) is 3.24. The normalized spacial score (nSPS) is 16.7. The third-order valence-corrected chi connectivity index (χ3v) is 4.55. The molecule has 0 atom stereocenters. The number of nitrogens with two attached hydrogens (primary N) is 1. The third kappa shape index (κ3) is 2.97. The number of nitrogen functional groups attached to an aromatic ring is 1. The van der Waals surface area contributed by atoms with Gasteiger partial charge in [-0.2, -0.15) is 4.98 Å². The molecule has 4 rings (SSSR count). The molecule has 0 saturated carbocycles. The molecule has 24 heavy (non-hydrogen) atoms. The molecule has 0 unspecified atom stereocenters. The van der Waals surface area contributed by atoms with Crippen LogP contribution in [0, 0.1) is 0 Å². The summed E-state index contributed by atoms with van der Waals surface area (Å²) in [6, 6.07) is 14.3. The van der Waals surface area contributed by atoms with Crippen molar-refractivity contribution < 1.29 is 4.39 Å². The lowest BCUT2D eigenvalue weighted by molar-refractivity contribution is 0.145. The van der Waals surface area contributed by atoms with Gasteiger partial charge in [0, 0.05) is 25.2 Å². The van der Waals surface area contributed by atoms with Crippen LogP contribution in [0.5, 0.6) is 0 Å². The molecule has 2 aromatic heterocycles. The summed E-state index contributed by atoms with van der Waals surface area (Å²) in [7, 11) is 0. The van der Waals surface area contributed by atoms with E-state index in [2.05, 4.69) is 39.2 Å². The zero-order valence-electron chi connectivity index (χ0n) is 13.4. The van der Waals surface area contributed by atoms with Crippen LogP contribution in [0.3, 0.4) is 0 Å². The average Bonchev–Trinajstić information content (AvgIpc) is 2.98. The molecule has 1 aromatic carbocycles. The van der Waals surface area contributed by atoms with E-state index in [0.717, 1.165) is 36.5 Å². The van der Waals surface area contributed by atoms with Gasteiger partial charge in [0.05, 0.1) is 5.69 Å². The maximum absolute atomic E-state index is 13.2. The van der Waals surface area contributed by atoms with Crippen LogP contribution in [0.2, 0.25) is 0 Å². The maximum Gasteiger partial charge on any atom is 0.240 e. The highest BCUT2D eigenvalue weighted by Gasteiger charge is 2.18. The number of alkyl halides is 1. The first-order valence-electron chi connectivity index (χ1n) is 8.26. The molecule has 1 fully saturated rings. The van der Waals surface area contributed by atoms with E-state index in [1.807, 2.05) is 18.2 Å². The molecule has 124 valence electrons. The number of hydrogen-bond donors (Lipinski definition) is 1. The molecular weight excluding hydrogens is 305 g/mol. The van der Waals surface area contributed by atoms with E-state index >= 15 is 0 Å². The molecule has 0 spiro atoms. The predicted molar refractivity (Wildman–Crippen MR) is 92.2 cm³/mol. The van der Waals surface area contributed by atoms with Crippen molar-refractivity contribution in [2.45, 2.75) is 25.6 Å². The second-order valence-electron chi connectivity index (χ2n) is 6.30. The minimum atomic E-state index is -0.626. The average molecular weight is 325 g/mol. The van der Waals surface area contributed by atoms with Crippen LogP contribution in [0.25, 0.3) is 16.9 Å². The number of halogens is 1. The summed E-state index contributed by atoms with van der Waals surface area (Å²) >= 11 is 0. The lowest BCUT2D eigenvalue weighted by Crippen LogP contribution is -2.33. The number of anilines is 1. The fourth-order valence-corrected chi connectivity index (χ4v) is 3.24. The second-order valence-corrected chi connectivity index (χ2v) is 6.30. The van der Waals surface area contributed by atoms with E-state index in [4.69, 9.17) is 5.73 Å². The molecule has 1 aliphatic heterocycles. The van der Waals surface area contributed by atoms with Gasteiger partial charge in [-0.1, -0.05) is 30.3 Å². The molecule has 3 heterocycles. The van der Waals surface area contributed by atoms with Crippen LogP contribution in [0.15, 0.2) is 42.5 Å². The summed E-state index contributed by atoms with van der Waals surface area (Å²) in [5.74, 6) is 0.273. The first-order valence-corrected chi connectivity index (χ1v) is 8.26. The molecule has 5 nitrogen and oxygen atoms in total. The van der Waals surface area contributed by atoms with Gasteiger partial charge in [-0.15, -0.1) is 5.10 Å². The van der Waals surface area contributed by atoms with Gasteiger partial charge in [-0.05, 0) is 30.5 Å². The van der Waals surface area contributed by atoms with Crippen molar-refractivity contribution in [3.8, 4) is 11.3 Å². The molecule has 3 aromatic rings. The highest BCUT2D eigenvalue weighted by molar-refractivity contribution is 5.63. The van der Waals surface area contributed by atoms with Gasteiger partial charge in [-0.3, -0.25) is 4.90 Å². The van der Waals surface area contributed by atoms with Crippen LogP contribution in [-0.4, -0.2) is 38.8 Å². The van der Waals surface area contributed by atoms with Crippen molar-refractivity contribution in [2.75, 3.05) is 18.8 Å². The lowest BCUT2D eigenvalue weighted by atomic mass is 10.1. The van der Waals surface area contributed by atoms with Crippen LogP contribution < -0.4 is 5.73 Å². The number of pyridine rings is 1.